The van der Waals surface area contributed by atoms with Crippen molar-refractivity contribution in [2.24, 2.45) is 7.05 Å². The van der Waals surface area contributed by atoms with Crippen molar-refractivity contribution in [3.63, 3.8) is 0 Å². The van der Waals surface area contributed by atoms with Gasteiger partial charge < -0.3 is 4.74 Å². The van der Waals surface area contributed by atoms with Gasteiger partial charge in [0, 0.05) is 18.6 Å². The smallest absolute Gasteiger partial charge is 0.309 e. The van der Waals surface area contributed by atoms with E-state index in [1.54, 1.807) is 48.4 Å². The molecule has 3 aromatic rings. The molecule has 7 heteroatoms. The summed E-state index contributed by atoms with van der Waals surface area (Å²) in [7, 11) is 3.10. The highest BCUT2D eigenvalue weighted by Crippen LogP contribution is 2.10. The molecule has 0 bridgehead atoms. The molecular formula is C15H14N4O3. The monoisotopic (exact) mass is 298 g/mol. The third kappa shape index (κ3) is 2.48. The van der Waals surface area contributed by atoms with Crippen LogP contribution in [-0.4, -0.2) is 32.6 Å². The van der Waals surface area contributed by atoms with Gasteiger partial charge in [0.05, 0.1) is 25.4 Å². The van der Waals surface area contributed by atoms with Crippen molar-refractivity contribution in [1.82, 2.24) is 19.6 Å². The van der Waals surface area contributed by atoms with Gasteiger partial charge in [0.15, 0.2) is 5.52 Å². The summed E-state index contributed by atoms with van der Waals surface area (Å²) in [6.45, 7) is 0. The molecule has 0 radical (unpaired) electrons. The predicted octanol–water partition coefficient (Wildman–Crippen LogP) is 0.835. The molecular weight excluding hydrogens is 284 g/mol. The van der Waals surface area contributed by atoms with E-state index in [-0.39, 0.29) is 17.9 Å². The summed E-state index contributed by atoms with van der Waals surface area (Å²) in [4.78, 5) is 23.6. The lowest BCUT2D eigenvalue weighted by Gasteiger charge is -2.05. The average molecular weight is 298 g/mol. The highest BCUT2D eigenvalue weighted by Gasteiger charge is 2.09. The van der Waals surface area contributed by atoms with Crippen LogP contribution in [-0.2, 0) is 23.0 Å². The lowest BCUT2D eigenvalue weighted by molar-refractivity contribution is -0.139. The van der Waals surface area contributed by atoms with Gasteiger partial charge in [-0.05, 0) is 17.7 Å². The van der Waals surface area contributed by atoms with Gasteiger partial charge in [-0.1, -0.05) is 12.1 Å². The Morgan fingerprint density at radius 2 is 2.00 bits per heavy atom. The van der Waals surface area contributed by atoms with Gasteiger partial charge in [-0.2, -0.15) is 14.9 Å². The first kappa shape index (κ1) is 14.0. The van der Waals surface area contributed by atoms with E-state index in [0.717, 1.165) is 5.56 Å². The van der Waals surface area contributed by atoms with Gasteiger partial charge in [0.25, 0.3) is 5.56 Å². The van der Waals surface area contributed by atoms with E-state index in [1.165, 1.54) is 11.8 Å². The number of aryl methyl sites for hydroxylation is 1. The standard InChI is InChI=1S/C15H14N4O3/c1-18-9-11-8-16-19(15(21)14(11)17-18)12-5-3-10(4-6-12)7-13(20)22-2/h3-6,8-9H,7H2,1-2H3. The number of hydrogen-bond acceptors (Lipinski definition) is 5. The number of hydrogen-bond donors (Lipinski definition) is 0. The maximum atomic E-state index is 12.4. The Balaban J connectivity index is 1.99. The lowest BCUT2D eigenvalue weighted by Crippen LogP contribution is -2.21. The number of nitrogens with zero attached hydrogens (tertiary/aromatic N) is 4. The number of methoxy groups -OCH3 is 1. The number of rotatable bonds is 3. The number of carbonyl (C=O) groups excluding carboxylic acids is 1. The van der Waals surface area contributed by atoms with Crippen molar-refractivity contribution < 1.29 is 9.53 Å². The number of benzene rings is 1. The molecule has 0 aliphatic heterocycles. The second-order valence-corrected chi connectivity index (χ2v) is 4.89. The van der Waals surface area contributed by atoms with Crippen LogP contribution < -0.4 is 5.56 Å². The van der Waals surface area contributed by atoms with Crippen LogP contribution in [0.5, 0.6) is 0 Å². The van der Waals surface area contributed by atoms with Crippen molar-refractivity contribution in [2.75, 3.05) is 7.11 Å². The molecule has 0 atom stereocenters. The highest BCUT2D eigenvalue weighted by molar-refractivity contribution is 5.76. The molecule has 0 spiro atoms. The molecule has 7 nitrogen and oxygen atoms in total. The van der Waals surface area contributed by atoms with Crippen LogP contribution in [0.15, 0.2) is 41.5 Å². The van der Waals surface area contributed by atoms with E-state index in [1.807, 2.05) is 0 Å². The summed E-state index contributed by atoms with van der Waals surface area (Å²) < 4.78 is 7.49. The quantitative estimate of drug-likeness (QED) is 0.669. The van der Waals surface area contributed by atoms with Crippen LogP contribution >= 0.6 is 0 Å². The number of aromatic nitrogens is 4. The molecule has 3 rings (SSSR count). The molecule has 0 amide bonds. The number of carbonyl (C=O) groups is 1. The van der Waals surface area contributed by atoms with Crippen molar-refractivity contribution in [2.45, 2.75) is 6.42 Å². The fourth-order valence-corrected chi connectivity index (χ4v) is 2.22. The lowest BCUT2D eigenvalue weighted by atomic mass is 10.1. The summed E-state index contributed by atoms with van der Waals surface area (Å²) in [5.74, 6) is -0.307. The third-order valence-electron chi connectivity index (χ3n) is 3.32. The first-order valence-corrected chi connectivity index (χ1v) is 6.66. The second-order valence-electron chi connectivity index (χ2n) is 4.89. The molecule has 2 heterocycles. The zero-order valence-corrected chi connectivity index (χ0v) is 12.2. The summed E-state index contributed by atoms with van der Waals surface area (Å²) in [5, 5.41) is 9.01. The zero-order chi connectivity index (χ0) is 15.7. The van der Waals surface area contributed by atoms with Crippen molar-refractivity contribution in [3.05, 3.63) is 52.6 Å². The normalized spacial score (nSPS) is 10.8. The second kappa shape index (κ2) is 5.44. The summed E-state index contributed by atoms with van der Waals surface area (Å²) >= 11 is 0. The largest absolute Gasteiger partial charge is 0.469 e. The minimum atomic E-state index is -0.307. The number of esters is 1. The Morgan fingerprint density at radius 3 is 2.68 bits per heavy atom. The van der Waals surface area contributed by atoms with Gasteiger partial charge in [-0.25, -0.2) is 0 Å². The van der Waals surface area contributed by atoms with Gasteiger partial charge in [0.2, 0.25) is 0 Å². The molecule has 0 aliphatic rings. The maximum Gasteiger partial charge on any atom is 0.309 e. The van der Waals surface area contributed by atoms with Crippen LogP contribution in [0.25, 0.3) is 16.6 Å². The first-order chi connectivity index (χ1) is 10.6. The molecule has 1 aromatic carbocycles. The molecule has 22 heavy (non-hydrogen) atoms. The van der Waals surface area contributed by atoms with Gasteiger partial charge >= 0.3 is 5.97 Å². The molecule has 112 valence electrons. The van der Waals surface area contributed by atoms with E-state index in [4.69, 9.17) is 0 Å². The van der Waals surface area contributed by atoms with Gasteiger partial charge in [-0.15, -0.1) is 0 Å². The summed E-state index contributed by atoms with van der Waals surface area (Å²) in [6.07, 6.45) is 3.54. The fourth-order valence-electron chi connectivity index (χ4n) is 2.22. The third-order valence-corrected chi connectivity index (χ3v) is 3.32. The van der Waals surface area contributed by atoms with E-state index in [2.05, 4.69) is 14.9 Å². The minimum absolute atomic E-state index is 0.193. The molecule has 0 fully saturated rings. The Hall–Kier alpha value is -2.96. The topological polar surface area (TPSA) is 79.0 Å². The first-order valence-electron chi connectivity index (χ1n) is 6.66. The van der Waals surface area contributed by atoms with Gasteiger partial charge in [0.1, 0.15) is 0 Å². The molecule has 2 aromatic heterocycles. The fraction of sp³-hybridized carbons (Fsp3) is 0.200. The van der Waals surface area contributed by atoms with Crippen molar-refractivity contribution in [1.29, 1.82) is 0 Å². The summed E-state index contributed by atoms with van der Waals surface area (Å²) in [6, 6.07) is 7.01. The van der Waals surface area contributed by atoms with E-state index in [9.17, 15) is 9.59 Å². The molecule has 0 unspecified atom stereocenters. The van der Waals surface area contributed by atoms with E-state index >= 15 is 0 Å². The minimum Gasteiger partial charge on any atom is -0.469 e. The van der Waals surface area contributed by atoms with Crippen LogP contribution in [0.2, 0.25) is 0 Å². The molecule has 0 saturated heterocycles. The average Bonchev–Trinajstić information content (AvgIpc) is 2.90. The zero-order valence-electron chi connectivity index (χ0n) is 12.2. The van der Waals surface area contributed by atoms with Gasteiger partial charge in [-0.3, -0.25) is 14.3 Å². The SMILES string of the molecule is COC(=O)Cc1ccc(-n2ncc3cn(C)nc3c2=O)cc1. The Bertz CT molecular complexity index is 893. The highest BCUT2D eigenvalue weighted by atomic mass is 16.5. The summed E-state index contributed by atoms with van der Waals surface area (Å²) in [5.41, 5.74) is 1.52. The number of fused-ring (bicyclic) bond motifs is 1. The van der Waals surface area contributed by atoms with Crippen LogP contribution in [0.3, 0.4) is 0 Å². The van der Waals surface area contributed by atoms with Crippen molar-refractivity contribution >= 4 is 16.9 Å². The molecule has 0 aliphatic carbocycles. The van der Waals surface area contributed by atoms with Crippen molar-refractivity contribution in [3.8, 4) is 5.69 Å². The Morgan fingerprint density at radius 1 is 1.27 bits per heavy atom. The van der Waals surface area contributed by atoms with Crippen LogP contribution in [0.4, 0.5) is 0 Å². The maximum absolute atomic E-state index is 12.4. The molecule has 0 saturated carbocycles. The van der Waals surface area contributed by atoms with E-state index < -0.39 is 0 Å². The van der Waals surface area contributed by atoms with E-state index in [0.29, 0.717) is 16.6 Å². The molecule has 0 N–H and O–H groups in total. The van der Waals surface area contributed by atoms with Crippen LogP contribution in [0, 0.1) is 0 Å². The number of ether oxygens (including phenoxy) is 1. The Kier molecular flexibility index (Phi) is 3.46. The Labute approximate surface area is 125 Å². The van der Waals surface area contributed by atoms with Crippen LogP contribution in [0.1, 0.15) is 5.56 Å². The predicted molar refractivity (Wildman–Crippen MR) is 79.8 cm³/mol.